The summed E-state index contributed by atoms with van der Waals surface area (Å²) in [7, 11) is 0. The Morgan fingerprint density at radius 1 is 1.14 bits per heavy atom. The fraction of sp³-hybridized carbons (Fsp3) is 0.364. The van der Waals surface area contributed by atoms with Crippen molar-refractivity contribution >= 4 is 35.2 Å². The van der Waals surface area contributed by atoms with Gasteiger partial charge in [0.05, 0.1) is 5.75 Å². The van der Waals surface area contributed by atoms with Crippen LogP contribution in [0.15, 0.2) is 48.5 Å². The van der Waals surface area contributed by atoms with E-state index in [0.29, 0.717) is 16.3 Å². The summed E-state index contributed by atoms with van der Waals surface area (Å²) in [5.74, 6) is -0.0725. The highest BCUT2D eigenvalue weighted by molar-refractivity contribution is 7.99. The van der Waals surface area contributed by atoms with Gasteiger partial charge in [-0.15, -0.1) is 11.8 Å². The maximum absolute atomic E-state index is 14.1. The molecule has 0 heterocycles. The second kappa shape index (κ2) is 11.2. The third-order valence-electron chi connectivity index (χ3n) is 4.28. The van der Waals surface area contributed by atoms with Crippen molar-refractivity contribution in [3.05, 3.63) is 70.5 Å². The van der Waals surface area contributed by atoms with Crippen molar-refractivity contribution in [1.29, 1.82) is 0 Å². The number of carbonyl (C=O) groups is 2. The zero-order valence-corrected chi connectivity index (χ0v) is 18.4. The van der Waals surface area contributed by atoms with Crippen LogP contribution >= 0.6 is 23.4 Å². The van der Waals surface area contributed by atoms with Crippen LogP contribution in [0.5, 0.6) is 0 Å². The Kier molecular flexibility index (Phi) is 8.99. The molecule has 4 nitrogen and oxygen atoms in total. The van der Waals surface area contributed by atoms with Crippen molar-refractivity contribution in [3.63, 3.8) is 0 Å². The summed E-state index contributed by atoms with van der Waals surface area (Å²) < 4.78 is 14.1. The summed E-state index contributed by atoms with van der Waals surface area (Å²) in [6, 6.07) is 13.0. The van der Waals surface area contributed by atoms with Crippen molar-refractivity contribution in [2.75, 3.05) is 5.75 Å². The lowest BCUT2D eigenvalue weighted by Crippen LogP contribution is -2.49. The minimum atomic E-state index is -0.712. The van der Waals surface area contributed by atoms with E-state index < -0.39 is 11.9 Å². The van der Waals surface area contributed by atoms with E-state index in [9.17, 15) is 14.0 Å². The molecule has 0 aliphatic carbocycles. The second-order valence-electron chi connectivity index (χ2n) is 7.08. The van der Waals surface area contributed by atoms with Gasteiger partial charge in [-0.25, -0.2) is 4.39 Å². The molecule has 0 aromatic heterocycles. The zero-order chi connectivity index (χ0) is 21.4. The van der Waals surface area contributed by atoms with Crippen LogP contribution in [0.3, 0.4) is 0 Å². The molecule has 29 heavy (non-hydrogen) atoms. The largest absolute Gasteiger partial charge is 0.352 e. The molecule has 0 bridgehead atoms. The number of amides is 2. The summed E-state index contributed by atoms with van der Waals surface area (Å²) in [6.45, 7) is 5.41. The third-order valence-corrected chi connectivity index (χ3v) is 5.50. The summed E-state index contributed by atoms with van der Waals surface area (Å²) in [6.07, 6.45) is 0. The van der Waals surface area contributed by atoms with E-state index in [1.54, 1.807) is 31.2 Å². The highest BCUT2D eigenvalue weighted by atomic mass is 35.5. The quantitative estimate of drug-likeness (QED) is 0.622. The van der Waals surface area contributed by atoms with Crippen LogP contribution in [0.25, 0.3) is 0 Å². The van der Waals surface area contributed by atoms with Gasteiger partial charge < -0.3 is 10.2 Å². The Hall–Kier alpha value is -2.05. The number of rotatable bonds is 9. The van der Waals surface area contributed by atoms with Crippen LogP contribution in [0.1, 0.15) is 31.9 Å². The van der Waals surface area contributed by atoms with Crippen molar-refractivity contribution < 1.29 is 14.0 Å². The van der Waals surface area contributed by atoms with E-state index in [1.807, 2.05) is 32.0 Å². The molecule has 2 aromatic carbocycles. The van der Waals surface area contributed by atoms with E-state index in [1.165, 1.54) is 22.7 Å². The van der Waals surface area contributed by atoms with Crippen LogP contribution in [0.2, 0.25) is 5.02 Å². The molecule has 0 saturated heterocycles. The molecule has 0 saturated carbocycles. The molecule has 0 aliphatic rings. The van der Waals surface area contributed by atoms with E-state index in [4.69, 9.17) is 11.6 Å². The van der Waals surface area contributed by atoms with Gasteiger partial charge in [-0.3, -0.25) is 9.59 Å². The normalized spacial score (nSPS) is 11.9. The Morgan fingerprint density at radius 3 is 2.52 bits per heavy atom. The second-order valence-corrected chi connectivity index (χ2v) is 8.50. The molecule has 0 radical (unpaired) electrons. The minimum absolute atomic E-state index is 0.0376. The van der Waals surface area contributed by atoms with Crippen LogP contribution in [-0.4, -0.2) is 34.6 Å². The number of halogens is 2. The first kappa shape index (κ1) is 23.2. The number of hydrogen-bond donors (Lipinski definition) is 1. The fourth-order valence-corrected chi connectivity index (χ4v) is 3.83. The first-order valence-corrected chi connectivity index (χ1v) is 11.0. The monoisotopic (exact) mass is 436 g/mol. The summed E-state index contributed by atoms with van der Waals surface area (Å²) in [4.78, 5) is 26.8. The lowest BCUT2D eigenvalue weighted by atomic mass is 10.1. The maximum atomic E-state index is 14.1. The molecule has 2 rings (SSSR count). The van der Waals surface area contributed by atoms with Gasteiger partial charge >= 0.3 is 0 Å². The average molecular weight is 437 g/mol. The van der Waals surface area contributed by atoms with E-state index in [-0.39, 0.29) is 30.2 Å². The molecule has 2 aromatic rings. The minimum Gasteiger partial charge on any atom is -0.352 e. The van der Waals surface area contributed by atoms with E-state index in [0.717, 1.165) is 5.56 Å². The van der Waals surface area contributed by atoms with E-state index >= 15 is 0 Å². The third kappa shape index (κ3) is 7.37. The Bertz CT molecular complexity index is 847. The van der Waals surface area contributed by atoms with Gasteiger partial charge in [0, 0.05) is 28.9 Å². The lowest BCUT2D eigenvalue weighted by Gasteiger charge is -2.29. The SMILES string of the molecule is CC(C)NC(=O)[C@@H](C)N(Cc1ccccc1F)C(=O)CSCc1cccc(Cl)c1. The number of nitrogens with zero attached hydrogens (tertiary/aromatic N) is 1. The molecule has 1 atom stereocenters. The predicted octanol–water partition coefficient (Wildman–Crippen LogP) is 4.65. The highest BCUT2D eigenvalue weighted by Crippen LogP contribution is 2.19. The van der Waals surface area contributed by atoms with Crippen LogP contribution in [0, 0.1) is 5.82 Å². The van der Waals surface area contributed by atoms with Gasteiger partial charge in [-0.1, -0.05) is 41.9 Å². The van der Waals surface area contributed by atoms with Crippen molar-refractivity contribution in [1.82, 2.24) is 10.2 Å². The summed E-state index contributed by atoms with van der Waals surface area (Å²) >= 11 is 7.43. The topological polar surface area (TPSA) is 49.4 Å². The van der Waals surface area contributed by atoms with Crippen LogP contribution in [-0.2, 0) is 21.9 Å². The molecule has 0 fully saturated rings. The van der Waals surface area contributed by atoms with Crippen molar-refractivity contribution in [3.8, 4) is 0 Å². The standard InChI is InChI=1S/C22H26ClFN2O2S/c1-15(2)25-22(28)16(3)26(12-18-8-4-5-10-20(18)24)21(27)14-29-13-17-7-6-9-19(23)11-17/h4-11,15-16H,12-14H2,1-3H3,(H,25,28)/t16-/m1/s1. The first-order chi connectivity index (χ1) is 13.8. The van der Waals surface area contributed by atoms with Gasteiger partial charge in [-0.05, 0) is 44.5 Å². The number of nitrogens with one attached hydrogen (secondary N) is 1. The fourth-order valence-electron chi connectivity index (χ4n) is 2.76. The van der Waals surface area contributed by atoms with Gasteiger partial charge in [0.2, 0.25) is 11.8 Å². The average Bonchev–Trinajstić information content (AvgIpc) is 2.66. The maximum Gasteiger partial charge on any atom is 0.242 e. The Balaban J connectivity index is 2.09. The molecule has 2 amide bonds. The van der Waals surface area contributed by atoms with E-state index in [2.05, 4.69) is 5.32 Å². The van der Waals surface area contributed by atoms with Crippen molar-refractivity contribution in [2.45, 2.75) is 45.2 Å². The molecule has 0 unspecified atom stereocenters. The molecular weight excluding hydrogens is 411 g/mol. The van der Waals surface area contributed by atoms with Gasteiger partial charge in [0.15, 0.2) is 0 Å². The predicted molar refractivity (Wildman–Crippen MR) is 117 cm³/mol. The highest BCUT2D eigenvalue weighted by Gasteiger charge is 2.27. The molecule has 0 spiro atoms. The summed E-state index contributed by atoms with van der Waals surface area (Å²) in [5.41, 5.74) is 1.39. The smallest absolute Gasteiger partial charge is 0.242 e. The van der Waals surface area contributed by atoms with Crippen LogP contribution in [0.4, 0.5) is 4.39 Å². The van der Waals surface area contributed by atoms with Gasteiger partial charge in [0.1, 0.15) is 11.9 Å². The van der Waals surface area contributed by atoms with Crippen molar-refractivity contribution in [2.24, 2.45) is 0 Å². The molecular formula is C22H26ClFN2O2S. The lowest BCUT2D eigenvalue weighted by molar-refractivity contribution is -0.138. The number of benzene rings is 2. The Morgan fingerprint density at radius 2 is 1.86 bits per heavy atom. The summed E-state index contributed by atoms with van der Waals surface area (Å²) in [5, 5.41) is 3.47. The Labute approximate surface area is 180 Å². The number of thioether (sulfide) groups is 1. The number of carbonyl (C=O) groups excluding carboxylic acids is 2. The molecule has 0 aliphatic heterocycles. The van der Waals surface area contributed by atoms with Gasteiger partial charge in [-0.2, -0.15) is 0 Å². The molecule has 156 valence electrons. The zero-order valence-electron chi connectivity index (χ0n) is 16.8. The molecule has 7 heteroatoms. The van der Waals surface area contributed by atoms with Gasteiger partial charge in [0.25, 0.3) is 0 Å². The first-order valence-electron chi connectivity index (χ1n) is 9.43. The van der Waals surface area contributed by atoms with Crippen LogP contribution < -0.4 is 5.32 Å². The number of hydrogen-bond acceptors (Lipinski definition) is 3. The molecule has 1 N–H and O–H groups in total.